The van der Waals surface area contributed by atoms with Crippen LogP contribution in [0.1, 0.15) is 19.8 Å². The topological polar surface area (TPSA) is 47.9 Å². The van der Waals surface area contributed by atoms with E-state index in [1.54, 1.807) is 25.1 Å². The number of carbonyl (C=O) groups is 1. The second kappa shape index (κ2) is 9.50. The van der Waals surface area contributed by atoms with Crippen LogP contribution in [0, 0.1) is 0 Å². The van der Waals surface area contributed by atoms with Crippen LogP contribution in [0.25, 0.3) is 0 Å². The van der Waals surface area contributed by atoms with Gasteiger partial charge in [0.05, 0.1) is 0 Å². The number of nitrogens with zero attached hydrogens (tertiary/aromatic N) is 3. The van der Waals surface area contributed by atoms with Crippen LogP contribution in [-0.4, -0.2) is 62.4 Å². The molecule has 0 fully saturated rings. The first-order valence-corrected chi connectivity index (χ1v) is 6.33. The van der Waals surface area contributed by atoms with Gasteiger partial charge < -0.3 is 15.1 Å². The molecule has 0 aromatic rings. The summed E-state index contributed by atoms with van der Waals surface area (Å²) in [7, 11) is 5.44. The Morgan fingerprint density at radius 3 is 2.56 bits per heavy atom. The van der Waals surface area contributed by atoms with Crippen molar-refractivity contribution in [3.63, 3.8) is 0 Å². The molecule has 0 aliphatic carbocycles. The molecule has 0 atom stereocenters. The summed E-state index contributed by atoms with van der Waals surface area (Å²) in [6, 6.07) is 0. The van der Waals surface area contributed by atoms with E-state index in [0.717, 1.165) is 25.3 Å². The van der Waals surface area contributed by atoms with Gasteiger partial charge in [-0.2, -0.15) is 0 Å². The number of hydrogen-bond acceptors (Lipinski definition) is 2. The van der Waals surface area contributed by atoms with Crippen molar-refractivity contribution < 1.29 is 4.79 Å². The van der Waals surface area contributed by atoms with Crippen LogP contribution in [0.3, 0.4) is 0 Å². The van der Waals surface area contributed by atoms with E-state index < -0.39 is 0 Å². The van der Waals surface area contributed by atoms with Gasteiger partial charge in [-0.05, 0) is 6.42 Å². The molecule has 0 unspecified atom stereocenters. The number of hydrogen-bond donors (Lipinski definition) is 1. The molecule has 1 amide bonds. The van der Waals surface area contributed by atoms with E-state index >= 15 is 0 Å². The van der Waals surface area contributed by atoms with E-state index in [-0.39, 0.29) is 12.5 Å². The van der Waals surface area contributed by atoms with E-state index in [2.05, 4.69) is 23.8 Å². The highest BCUT2D eigenvalue weighted by atomic mass is 16.2. The molecule has 0 radical (unpaired) electrons. The average molecular weight is 254 g/mol. The highest BCUT2D eigenvalue weighted by molar-refractivity contribution is 5.84. The molecule has 0 heterocycles. The van der Waals surface area contributed by atoms with Gasteiger partial charge in [0.1, 0.15) is 6.54 Å². The number of guanidine groups is 1. The molecule has 0 aromatic heterocycles. The Morgan fingerprint density at radius 2 is 2.06 bits per heavy atom. The molecule has 0 saturated carbocycles. The summed E-state index contributed by atoms with van der Waals surface area (Å²) in [5, 5.41) is 3.16. The van der Waals surface area contributed by atoms with E-state index in [1.165, 1.54) is 0 Å². The van der Waals surface area contributed by atoms with Gasteiger partial charge in [-0.1, -0.05) is 19.4 Å². The van der Waals surface area contributed by atoms with Gasteiger partial charge in [0.25, 0.3) is 0 Å². The van der Waals surface area contributed by atoms with Crippen molar-refractivity contribution in [2.24, 2.45) is 4.99 Å². The first-order valence-electron chi connectivity index (χ1n) is 6.33. The second-order valence-electron chi connectivity index (χ2n) is 4.37. The van der Waals surface area contributed by atoms with E-state index in [4.69, 9.17) is 0 Å². The minimum absolute atomic E-state index is 0.00297. The van der Waals surface area contributed by atoms with E-state index in [1.807, 2.05) is 11.9 Å². The summed E-state index contributed by atoms with van der Waals surface area (Å²) < 4.78 is 0. The van der Waals surface area contributed by atoms with Crippen molar-refractivity contribution in [2.45, 2.75) is 19.8 Å². The number of unbranched alkanes of at least 4 members (excludes halogenated alkanes) is 1. The second-order valence-corrected chi connectivity index (χ2v) is 4.37. The van der Waals surface area contributed by atoms with Gasteiger partial charge in [0.2, 0.25) is 5.91 Å². The summed E-state index contributed by atoms with van der Waals surface area (Å²) in [6.07, 6.45) is 4.01. The van der Waals surface area contributed by atoms with E-state index in [9.17, 15) is 4.79 Å². The van der Waals surface area contributed by atoms with Gasteiger partial charge in [0.15, 0.2) is 5.96 Å². The zero-order valence-corrected chi connectivity index (χ0v) is 12.1. The fourth-order valence-corrected chi connectivity index (χ4v) is 1.26. The van der Waals surface area contributed by atoms with Crippen LogP contribution in [0.4, 0.5) is 0 Å². The Bertz CT molecular complexity index is 287. The monoisotopic (exact) mass is 254 g/mol. The number of carbonyl (C=O) groups excluding carboxylic acids is 1. The third kappa shape index (κ3) is 6.93. The lowest BCUT2D eigenvalue weighted by Crippen LogP contribution is -2.40. The van der Waals surface area contributed by atoms with Crippen molar-refractivity contribution in [2.75, 3.05) is 40.8 Å². The maximum Gasteiger partial charge on any atom is 0.243 e. The third-order valence-electron chi connectivity index (χ3n) is 2.48. The van der Waals surface area contributed by atoms with Crippen LogP contribution in [-0.2, 0) is 4.79 Å². The molecule has 0 rings (SSSR count). The average Bonchev–Trinajstić information content (AvgIpc) is 2.35. The predicted octanol–water partition coefficient (Wildman–Crippen LogP) is 0.938. The number of likely N-dealkylation sites (N-methyl/N-ethyl adjacent to an activating group) is 1. The molecular weight excluding hydrogens is 228 g/mol. The molecule has 0 saturated heterocycles. The van der Waals surface area contributed by atoms with Gasteiger partial charge in [0, 0.05) is 34.2 Å². The van der Waals surface area contributed by atoms with Crippen LogP contribution in [0.15, 0.2) is 17.6 Å². The van der Waals surface area contributed by atoms with Crippen LogP contribution >= 0.6 is 0 Å². The fraction of sp³-hybridized carbons (Fsp3) is 0.692. The van der Waals surface area contributed by atoms with Crippen molar-refractivity contribution in [3.05, 3.63) is 12.7 Å². The number of rotatable bonds is 7. The minimum atomic E-state index is -0.00297. The lowest BCUT2D eigenvalue weighted by Gasteiger charge is -2.22. The summed E-state index contributed by atoms with van der Waals surface area (Å²) >= 11 is 0. The van der Waals surface area contributed by atoms with Crippen molar-refractivity contribution >= 4 is 11.9 Å². The number of nitrogens with one attached hydrogen (secondary N) is 1. The summed E-state index contributed by atoms with van der Waals surface area (Å²) in [4.78, 5) is 19.4. The first-order chi connectivity index (χ1) is 8.52. The minimum Gasteiger partial charge on any atom is -0.353 e. The van der Waals surface area contributed by atoms with Crippen molar-refractivity contribution in [1.29, 1.82) is 0 Å². The maximum atomic E-state index is 11.5. The van der Waals surface area contributed by atoms with Crippen LogP contribution in [0.2, 0.25) is 0 Å². The standard InChI is InChI=1S/C13H26N4O/c1-6-8-10-17(5)13(14-9-7-2)15-11-12(18)16(3)4/h7H,2,6,8-11H2,1,3-5H3,(H,14,15). The van der Waals surface area contributed by atoms with Crippen molar-refractivity contribution in [1.82, 2.24) is 15.1 Å². The van der Waals surface area contributed by atoms with Gasteiger partial charge in [-0.3, -0.25) is 4.79 Å². The number of aliphatic imine (C=N–C) groups is 1. The lowest BCUT2D eigenvalue weighted by molar-refractivity contribution is -0.127. The van der Waals surface area contributed by atoms with E-state index in [0.29, 0.717) is 6.54 Å². The lowest BCUT2D eigenvalue weighted by atomic mass is 10.3. The molecule has 0 aliphatic rings. The summed E-state index contributed by atoms with van der Waals surface area (Å²) in [5.74, 6) is 0.746. The third-order valence-corrected chi connectivity index (χ3v) is 2.48. The Balaban J connectivity index is 4.49. The molecule has 0 spiro atoms. The molecule has 5 nitrogen and oxygen atoms in total. The summed E-state index contributed by atoms with van der Waals surface area (Å²) in [5.41, 5.74) is 0. The molecule has 18 heavy (non-hydrogen) atoms. The molecule has 1 N–H and O–H groups in total. The zero-order valence-electron chi connectivity index (χ0n) is 12.1. The smallest absolute Gasteiger partial charge is 0.243 e. The Hall–Kier alpha value is -1.52. The maximum absolute atomic E-state index is 11.5. The molecule has 0 bridgehead atoms. The molecule has 104 valence electrons. The van der Waals surface area contributed by atoms with Crippen LogP contribution < -0.4 is 5.32 Å². The molecule has 5 heteroatoms. The number of amides is 1. The SMILES string of the molecule is C=CCNC(=NCC(=O)N(C)C)N(C)CCCC. The molecular formula is C13H26N4O. The summed E-state index contributed by atoms with van der Waals surface area (Å²) in [6.45, 7) is 7.56. The highest BCUT2D eigenvalue weighted by Crippen LogP contribution is 1.93. The highest BCUT2D eigenvalue weighted by Gasteiger charge is 2.07. The Kier molecular flexibility index (Phi) is 8.70. The van der Waals surface area contributed by atoms with Gasteiger partial charge in [-0.25, -0.2) is 4.99 Å². The normalized spacial score (nSPS) is 11.0. The molecule has 0 aliphatic heterocycles. The molecule has 0 aromatic carbocycles. The van der Waals surface area contributed by atoms with Crippen LogP contribution in [0.5, 0.6) is 0 Å². The van der Waals surface area contributed by atoms with Crippen molar-refractivity contribution in [3.8, 4) is 0 Å². The first kappa shape index (κ1) is 16.5. The predicted molar refractivity (Wildman–Crippen MR) is 76.7 cm³/mol. The Morgan fingerprint density at radius 1 is 1.39 bits per heavy atom. The largest absolute Gasteiger partial charge is 0.353 e. The van der Waals surface area contributed by atoms with Gasteiger partial charge in [-0.15, -0.1) is 6.58 Å². The fourth-order valence-electron chi connectivity index (χ4n) is 1.26. The Labute approximate surface area is 111 Å². The van der Waals surface area contributed by atoms with Gasteiger partial charge >= 0.3 is 0 Å². The zero-order chi connectivity index (χ0) is 14.0. The quantitative estimate of drug-likeness (QED) is 0.418.